The van der Waals surface area contributed by atoms with E-state index in [4.69, 9.17) is 46.4 Å². The molecule has 3 aromatic rings. The van der Waals surface area contributed by atoms with Crippen molar-refractivity contribution in [3.05, 3.63) is 91.4 Å². The number of hydrogen-bond donors (Lipinski definition) is 3. The Kier molecular flexibility index (Phi) is 5.98. The van der Waals surface area contributed by atoms with Crippen molar-refractivity contribution >= 4 is 56.5 Å². The molecule has 29 heavy (non-hydrogen) atoms. The summed E-state index contributed by atoms with van der Waals surface area (Å²) in [5, 5.41) is 20.1. The standard InChI is InChI=1S/C19H12Cl4O5S/c20-13-6-2-1-4-10(13)19(29(26,27)28,12-5-3-7-15(24)18(12)25)11-8-9-14(21)17(23)16(11)22/h1-9,24-25H,(H,26,27,28). The van der Waals surface area contributed by atoms with Gasteiger partial charge in [-0.15, -0.1) is 0 Å². The van der Waals surface area contributed by atoms with Gasteiger partial charge in [0, 0.05) is 21.7 Å². The zero-order valence-electron chi connectivity index (χ0n) is 14.3. The van der Waals surface area contributed by atoms with Gasteiger partial charge >= 0.3 is 0 Å². The van der Waals surface area contributed by atoms with E-state index in [0.717, 1.165) is 6.07 Å². The fourth-order valence-electron chi connectivity index (χ4n) is 3.21. The molecule has 0 saturated heterocycles. The lowest BCUT2D eigenvalue weighted by Gasteiger charge is -2.34. The van der Waals surface area contributed by atoms with Crippen LogP contribution in [0.25, 0.3) is 0 Å². The molecule has 5 nitrogen and oxygen atoms in total. The predicted octanol–water partition coefficient (Wildman–Crippen LogP) is 5.89. The Morgan fingerprint density at radius 3 is 1.93 bits per heavy atom. The first kappa shape index (κ1) is 22.0. The van der Waals surface area contributed by atoms with Gasteiger partial charge in [-0.25, -0.2) is 0 Å². The Labute approximate surface area is 186 Å². The van der Waals surface area contributed by atoms with Gasteiger partial charge in [0.2, 0.25) is 0 Å². The molecular formula is C19H12Cl4O5S. The Bertz CT molecular complexity index is 1210. The minimum Gasteiger partial charge on any atom is -0.504 e. The van der Waals surface area contributed by atoms with Crippen molar-refractivity contribution in [2.24, 2.45) is 0 Å². The number of para-hydroxylation sites is 1. The van der Waals surface area contributed by atoms with E-state index < -0.39 is 26.4 Å². The quantitative estimate of drug-likeness (QED) is 0.182. The maximum Gasteiger partial charge on any atom is 0.283 e. The number of rotatable bonds is 4. The molecule has 1 atom stereocenters. The summed E-state index contributed by atoms with van der Waals surface area (Å²) in [6.07, 6.45) is 0. The lowest BCUT2D eigenvalue weighted by molar-refractivity contribution is 0.393. The Morgan fingerprint density at radius 1 is 0.690 bits per heavy atom. The zero-order chi connectivity index (χ0) is 21.6. The Balaban J connectivity index is 2.66. The largest absolute Gasteiger partial charge is 0.504 e. The van der Waals surface area contributed by atoms with E-state index in [1.54, 1.807) is 6.07 Å². The van der Waals surface area contributed by atoms with Gasteiger partial charge in [-0.1, -0.05) is 82.8 Å². The number of halogens is 4. The molecule has 10 heteroatoms. The molecule has 0 fully saturated rings. The van der Waals surface area contributed by atoms with Crippen LogP contribution in [0.4, 0.5) is 0 Å². The van der Waals surface area contributed by atoms with Gasteiger partial charge in [-0.2, -0.15) is 8.42 Å². The van der Waals surface area contributed by atoms with Crippen LogP contribution >= 0.6 is 46.4 Å². The van der Waals surface area contributed by atoms with Crippen LogP contribution in [0.5, 0.6) is 11.5 Å². The minimum atomic E-state index is -5.14. The van der Waals surface area contributed by atoms with Crippen LogP contribution in [-0.2, 0) is 14.9 Å². The maximum absolute atomic E-state index is 13.0. The number of phenols is 2. The summed E-state index contributed by atoms with van der Waals surface area (Å²) in [7, 11) is -5.14. The summed E-state index contributed by atoms with van der Waals surface area (Å²) < 4.78 is 33.9. The summed E-state index contributed by atoms with van der Waals surface area (Å²) in [6.45, 7) is 0. The van der Waals surface area contributed by atoms with Crippen LogP contribution in [-0.4, -0.2) is 23.2 Å². The molecule has 0 amide bonds. The molecular weight excluding hydrogens is 482 g/mol. The zero-order valence-corrected chi connectivity index (χ0v) is 18.1. The van der Waals surface area contributed by atoms with E-state index in [0.29, 0.717) is 0 Å². The molecule has 0 heterocycles. The monoisotopic (exact) mass is 492 g/mol. The third-order valence-electron chi connectivity index (χ3n) is 4.45. The van der Waals surface area contributed by atoms with Gasteiger partial charge in [0.05, 0.1) is 15.1 Å². The van der Waals surface area contributed by atoms with Crippen LogP contribution in [0.3, 0.4) is 0 Å². The average Bonchev–Trinajstić information content (AvgIpc) is 2.65. The van der Waals surface area contributed by atoms with Gasteiger partial charge in [0.15, 0.2) is 16.2 Å². The van der Waals surface area contributed by atoms with Crippen LogP contribution in [0.1, 0.15) is 16.7 Å². The Morgan fingerprint density at radius 2 is 1.31 bits per heavy atom. The molecule has 1 unspecified atom stereocenters. The second-order valence-corrected chi connectivity index (χ2v) is 9.17. The van der Waals surface area contributed by atoms with Crippen molar-refractivity contribution in [3.8, 4) is 11.5 Å². The fraction of sp³-hybridized carbons (Fsp3) is 0.0526. The molecule has 0 aliphatic rings. The molecule has 0 spiro atoms. The molecule has 0 aliphatic carbocycles. The fourth-order valence-corrected chi connectivity index (χ4v) is 5.63. The minimum absolute atomic E-state index is 0.0453. The lowest BCUT2D eigenvalue weighted by Crippen LogP contribution is -2.39. The summed E-state index contributed by atoms with van der Waals surface area (Å²) in [5.41, 5.74) is -0.719. The van der Waals surface area contributed by atoms with E-state index in [2.05, 4.69) is 0 Å². The molecule has 0 aromatic heterocycles. The van der Waals surface area contributed by atoms with Crippen molar-refractivity contribution < 1.29 is 23.2 Å². The summed E-state index contributed by atoms with van der Waals surface area (Å²) >= 11 is 24.8. The number of aromatic hydroxyl groups is 2. The summed E-state index contributed by atoms with van der Waals surface area (Å²) in [4.78, 5) is 0. The first-order chi connectivity index (χ1) is 13.5. The molecule has 0 aliphatic heterocycles. The highest BCUT2D eigenvalue weighted by atomic mass is 35.5. The maximum atomic E-state index is 13.0. The van der Waals surface area contributed by atoms with Gasteiger partial charge in [-0.3, -0.25) is 4.55 Å². The van der Waals surface area contributed by atoms with E-state index in [9.17, 15) is 23.2 Å². The molecule has 3 N–H and O–H groups in total. The third kappa shape index (κ3) is 3.44. The van der Waals surface area contributed by atoms with Crippen LogP contribution in [0, 0.1) is 0 Å². The number of hydrogen-bond acceptors (Lipinski definition) is 4. The van der Waals surface area contributed by atoms with Gasteiger partial charge in [0.1, 0.15) is 0 Å². The smallest absolute Gasteiger partial charge is 0.283 e. The molecule has 152 valence electrons. The van der Waals surface area contributed by atoms with E-state index in [1.807, 2.05) is 0 Å². The van der Waals surface area contributed by atoms with Crippen LogP contribution in [0.2, 0.25) is 20.1 Å². The summed E-state index contributed by atoms with van der Waals surface area (Å²) in [6, 6.07) is 12.0. The van der Waals surface area contributed by atoms with Crippen molar-refractivity contribution in [3.63, 3.8) is 0 Å². The topological polar surface area (TPSA) is 94.8 Å². The highest BCUT2D eigenvalue weighted by Crippen LogP contribution is 2.53. The van der Waals surface area contributed by atoms with E-state index in [-0.39, 0.29) is 36.8 Å². The van der Waals surface area contributed by atoms with E-state index in [1.165, 1.54) is 42.5 Å². The Hall–Kier alpha value is -1.67. The van der Waals surface area contributed by atoms with Gasteiger partial charge < -0.3 is 10.2 Å². The van der Waals surface area contributed by atoms with Gasteiger partial charge in [-0.05, 0) is 18.2 Å². The van der Waals surface area contributed by atoms with Crippen molar-refractivity contribution in [1.82, 2.24) is 0 Å². The molecule has 3 rings (SSSR count). The molecule has 0 radical (unpaired) electrons. The number of phenolic OH excluding ortho intramolecular Hbond substituents is 2. The highest BCUT2D eigenvalue weighted by molar-refractivity contribution is 7.87. The molecule has 0 saturated carbocycles. The average molecular weight is 494 g/mol. The van der Waals surface area contributed by atoms with Crippen LogP contribution in [0.15, 0.2) is 54.6 Å². The third-order valence-corrected chi connectivity index (χ3v) is 7.51. The highest BCUT2D eigenvalue weighted by Gasteiger charge is 2.53. The van der Waals surface area contributed by atoms with Crippen molar-refractivity contribution in [2.75, 3.05) is 0 Å². The molecule has 3 aromatic carbocycles. The normalized spacial score (nSPS) is 13.8. The molecule has 0 bridgehead atoms. The second kappa shape index (κ2) is 7.87. The predicted molar refractivity (Wildman–Crippen MR) is 114 cm³/mol. The lowest BCUT2D eigenvalue weighted by atomic mass is 9.83. The first-order valence-corrected chi connectivity index (χ1v) is 10.9. The number of benzene rings is 3. The van der Waals surface area contributed by atoms with Crippen molar-refractivity contribution in [1.29, 1.82) is 0 Å². The SMILES string of the molecule is O=S(=O)(O)C(c1ccccc1Cl)(c1cccc(O)c1O)c1ccc(Cl)c(Cl)c1Cl. The van der Waals surface area contributed by atoms with Gasteiger partial charge in [0.25, 0.3) is 10.1 Å². The second-order valence-electron chi connectivity index (χ2n) is 6.03. The van der Waals surface area contributed by atoms with Crippen LogP contribution < -0.4 is 0 Å². The summed E-state index contributed by atoms with van der Waals surface area (Å²) in [5.74, 6) is -1.40. The first-order valence-electron chi connectivity index (χ1n) is 7.91. The van der Waals surface area contributed by atoms with Crippen molar-refractivity contribution in [2.45, 2.75) is 4.75 Å². The van der Waals surface area contributed by atoms with E-state index >= 15 is 0 Å².